The smallest absolute Gasteiger partial charge is 0.207 e. The van der Waals surface area contributed by atoms with Gasteiger partial charge in [-0.15, -0.1) is 0 Å². The number of benzene rings is 2. The number of methoxy groups -OCH3 is 1. The second kappa shape index (κ2) is 19.0. The summed E-state index contributed by atoms with van der Waals surface area (Å²) in [6.07, 6.45) is 14.3. The molecule has 2 aromatic carbocycles. The molecule has 3 aliphatic carbocycles. The number of aliphatic imine (C=N–C) groups is 1. The molecule has 1 aliphatic heterocycles. The zero-order valence-electron chi connectivity index (χ0n) is 33.9. The predicted octanol–water partition coefficient (Wildman–Crippen LogP) is 6.06. The molecule has 0 amide bonds. The van der Waals surface area contributed by atoms with Gasteiger partial charge in [-0.25, -0.2) is 0 Å². The minimum atomic E-state index is -0.921. The topological polar surface area (TPSA) is 174 Å². The molecule has 57 heavy (non-hydrogen) atoms. The number of phenols is 2. The molecule has 12 nitrogen and oxygen atoms in total. The van der Waals surface area contributed by atoms with E-state index in [0.717, 1.165) is 68.9 Å². The van der Waals surface area contributed by atoms with Crippen LogP contribution in [-0.2, 0) is 21.4 Å². The lowest BCUT2D eigenvalue weighted by atomic mass is 9.68. The molecule has 0 saturated heterocycles. The van der Waals surface area contributed by atoms with Crippen molar-refractivity contribution >= 4 is 17.4 Å². The van der Waals surface area contributed by atoms with E-state index in [2.05, 4.69) is 39.0 Å². The monoisotopic (exact) mass is 786 g/mol. The number of nitrogens with zero attached hydrogens (tertiary/aromatic N) is 1. The van der Waals surface area contributed by atoms with Crippen LogP contribution in [0.2, 0.25) is 0 Å². The van der Waals surface area contributed by atoms with Crippen molar-refractivity contribution in [2.24, 2.45) is 22.2 Å². The number of aliphatic hydroxyl groups excluding tert-OH is 2. The Morgan fingerprint density at radius 3 is 2.65 bits per heavy atom. The number of nitrogens with one attached hydrogen (secondary N) is 3. The molecule has 3 saturated carbocycles. The highest BCUT2D eigenvalue weighted by Gasteiger charge is 2.48. The Labute approximate surface area is 337 Å². The van der Waals surface area contributed by atoms with Crippen molar-refractivity contribution in [2.75, 3.05) is 46.3 Å². The Bertz CT molecular complexity index is 1830. The van der Waals surface area contributed by atoms with E-state index < -0.39 is 17.3 Å². The van der Waals surface area contributed by atoms with Gasteiger partial charge in [0.15, 0.2) is 35.1 Å². The van der Waals surface area contributed by atoms with E-state index in [0.29, 0.717) is 74.8 Å². The molecule has 3 fully saturated rings. The first kappa shape index (κ1) is 42.3. The molecule has 1 spiro atoms. The van der Waals surface area contributed by atoms with Gasteiger partial charge in [-0.3, -0.25) is 15.1 Å². The highest BCUT2D eigenvalue weighted by atomic mass is 16.6. The largest absolute Gasteiger partial charge is 0.504 e. The molecule has 0 radical (unpaired) electrons. The minimum absolute atomic E-state index is 0.0129. The number of aromatic hydroxyl groups is 2. The number of allylic oxidation sites excluding steroid dienone is 2. The molecule has 2 bridgehead atoms. The third-order valence-electron chi connectivity index (χ3n) is 13.0. The predicted molar refractivity (Wildman–Crippen MR) is 221 cm³/mol. The lowest BCUT2D eigenvalue weighted by Crippen LogP contribution is -2.43. The van der Waals surface area contributed by atoms with E-state index in [1.807, 2.05) is 37.4 Å². The molecule has 4 aliphatic rings. The fraction of sp³-hybridized carbons (Fsp3) is 0.600. The number of carbonyl (C=O) groups is 1. The number of phenolic OH excluding ortho intramolecular Hbond substituents is 2. The van der Waals surface area contributed by atoms with Gasteiger partial charge >= 0.3 is 0 Å². The third kappa shape index (κ3) is 9.71. The maximum absolute atomic E-state index is 14.6. The van der Waals surface area contributed by atoms with Gasteiger partial charge in [-0.05, 0) is 130 Å². The highest BCUT2D eigenvalue weighted by Crippen LogP contribution is 2.52. The van der Waals surface area contributed by atoms with Crippen molar-refractivity contribution in [3.8, 4) is 35.0 Å². The third-order valence-corrected chi connectivity index (χ3v) is 13.0. The van der Waals surface area contributed by atoms with E-state index in [1.165, 1.54) is 7.11 Å². The first-order valence-corrected chi connectivity index (χ1v) is 20.7. The Hall–Kier alpha value is -4.28. The van der Waals surface area contributed by atoms with Gasteiger partial charge in [0.2, 0.25) is 5.96 Å². The summed E-state index contributed by atoms with van der Waals surface area (Å²) in [6, 6.07) is 12.4. The Morgan fingerprint density at radius 1 is 1.07 bits per heavy atom. The van der Waals surface area contributed by atoms with Crippen LogP contribution in [0.1, 0.15) is 101 Å². The first-order chi connectivity index (χ1) is 27.6. The maximum atomic E-state index is 14.6. The number of aliphatic hydroxyl groups is 2. The fourth-order valence-corrected chi connectivity index (χ4v) is 10.0. The van der Waals surface area contributed by atoms with Crippen LogP contribution in [0.4, 0.5) is 5.69 Å². The molecule has 2 aromatic rings. The van der Waals surface area contributed by atoms with Crippen molar-refractivity contribution in [2.45, 2.75) is 114 Å². The van der Waals surface area contributed by atoms with E-state index in [-0.39, 0.29) is 41.1 Å². The summed E-state index contributed by atoms with van der Waals surface area (Å²) in [5.74, 6) is 4.75. The second-order valence-electron chi connectivity index (χ2n) is 16.6. The van der Waals surface area contributed by atoms with E-state index in [9.17, 15) is 20.1 Å². The number of hydrogen-bond acceptors (Lipinski definition) is 10. The zero-order chi connectivity index (χ0) is 40.5. The second-order valence-corrected chi connectivity index (χ2v) is 16.6. The van der Waals surface area contributed by atoms with Crippen LogP contribution < -0.4 is 25.4 Å². The van der Waals surface area contributed by atoms with Crippen LogP contribution in [0.15, 0.2) is 47.5 Å². The van der Waals surface area contributed by atoms with Crippen LogP contribution in [0.25, 0.3) is 0 Å². The quantitative estimate of drug-likeness (QED) is 0.0545. The normalized spacial score (nSPS) is 27.6. The Balaban J connectivity index is 1.34. The minimum Gasteiger partial charge on any atom is -0.504 e. The molecule has 5 atom stereocenters. The molecule has 7 N–H and O–H groups in total. The number of ketones is 1. The first-order valence-electron chi connectivity index (χ1n) is 20.7. The molecule has 0 unspecified atom stereocenters. The van der Waals surface area contributed by atoms with Crippen molar-refractivity contribution in [3.63, 3.8) is 0 Å². The summed E-state index contributed by atoms with van der Waals surface area (Å²) in [5.41, 5.74) is 0.839. The summed E-state index contributed by atoms with van der Waals surface area (Å²) in [4.78, 5) is 19.0. The number of ether oxygens (including phenoxy) is 3. The van der Waals surface area contributed by atoms with Crippen LogP contribution in [0.5, 0.6) is 23.0 Å². The Morgan fingerprint density at radius 2 is 1.89 bits per heavy atom. The molecule has 310 valence electrons. The number of carbonyl (C=O) groups excluding carboxylic acids is 1. The molecular formula is C45H62N4O8. The number of likely N-dealkylation sites (N-methyl/N-ethyl adjacent to an activating group) is 1. The number of rotatable bonds is 13. The summed E-state index contributed by atoms with van der Waals surface area (Å²) in [7, 11) is 5.08. The van der Waals surface area contributed by atoms with Crippen molar-refractivity contribution in [1.29, 1.82) is 0 Å². The van der Waals surface area contributed by atoms with Gasteiger partial charge in [-0.1, -0.05) is 37.3 Å². The van der Waals surface area contributed by atoms with Crippen molar-refractivity contribution < 1.29 is 39.4 Å². The van der Waals surface area contributed by atoms with Crippen LogP contribution in [0, 0.1) is 29.2 Å². The lowest BCUT2D eigenvalue weighted by Gasteiger charge is -2.34. The number of anilines is 1. The van der Waals surface area contributed by atoms with E-state index in [1.54, 1.807) is 13.1 Å². The van der Waals surface area contributed by atoms with Gasteiger partial charge in [0, 0.05) is 44.5 Å². The highest BCUT2D eigenvalue weighted by molar-refractivity contribution is 5.97. The summed E-state index contributed by atoms with van der Waals surface area (Å²) >= 11 is 0. The standard InChI is InChI=1S/C45H62N4O8/c1-46-30-44(20-15-32(28-44)25-40(53)56-23-9-22-50)57-38-27-34-26-35(41(38)54)49-42(47-2)48-21-8-11-33-10-6-19-45(33,29-31-13-14-36(51)37(24-31)55-3)39(52)12-7-18-43(34)16-4-5-17-43/h7,12-14,24,26-27,32-33,40,46,50-51,53-54H,4-6,9-11,15-20,22-23,25,28-30H2,1-3H3,(H2,47,48,49)/b12-7+/t32-,33-,40+,44-,45-/m0/s1. The molecule has 0 aromatic heterocycles. The van der Waals surface area contributed by atoms with Gasteiger partial charge in [0.05, 0.1) is 19.4 Å². The maximum Gasteiger partial charge on any atom is 0.207 e. The van der Waals surface area contributed by atoms with Crippen molar-refractivity contribution in [1.82, 2.24) is 10.6 Å². The van der Waals surface area contributed by atoms with Gasteiger partial charge < -0.3 is 45.3 Å². The summed E-state index contributed by atoms with van der Waals surface area (Å²) < 4.78 is 17.9. The average molecular weight is 787 g/mol. The van der Waals surface area contributed by atoms with Crippen LogP contribution in [0.3, 0.4) is 0 Å². The van der Waals surface area contributed by atoms with Gasteiger partial charge in [-0.2, -0.15) is 0 Å². The summed E-state index contributed by atoms with van der Waals surface area (Å²) in [6.45, 7) is 0.856. The molecule has 12 heteroatoms. The number of guanidine groups is 1. The Kier molecular flexibility index (Phi) is 14.1. The zero-order valence-corrected chi connectivity index (χ0v) is 33.9. The van der Waals surface area contributed by atoms with Crippen molar-refractivity contribution in [3.05, 3.63) is 53.6 Å². The number of hydrogen-bond donors (Lipinski definition) is 7. The van der Waals surface area contributed by atoms with E-state index in [4.69, 9.17) is 19.3 Å². The fourth-order valence-electron chi connectivity index (χ4n) is 10.0. The molecule has 6 rings (SSSR count). The van der Waals surface area contributed by atoms with Crippen LogP contribution in [-0.4, -0.2) is 85.0 Å². The summed E-state index contributed by atoms with van der Waals surface area (Å²) in [5, 5.41) is 51.6. The molecular weight excluding hydrogens is 725 g/mol. The van der Waals surface area contributed by atoms with Crippen LogP contribution >= 0.6 is 0 Å². The van der Waals surface area contributed by atoms with Gasteiger partial charge in [0.1, 0.15) is 5.60 Å². The molecule has 1 heterocycles. The lowest BCUT2D eigenvalue weighted by molar-refractivity contribution is -0.125. The van der Waals surface area contributed by atoms with Gasteiger partial charge in [0.25, 0.3) is 0 Å². The SMILES string of the molecule is CN=C1NC#CC[C@@H]2CCC[C@@]2(Cc2ccc(O)c(OC)c2)C(=O)/C=C/CC2(CCCC2)c2cc(c(O)c(O[C@@]3(CNC)CC[C@@H](C[C@H](O)OCCCO)C3)c2)N1. The van der Waals surface area contributed by atoms with E-state index >= 15 is 0 Å². The number of fused-ring (bicyclic) bond motifs is 4. The average Bonchev–Trinajstić information content (AvgIpc) is 3.95.